The van der Waals surface area contributed by atoms with Crippen molar-refractivity contribution in [3.8, 4) is 0 Å². The Morgan fingerprint density at radius 3 is 2.80 bits per heavy atom. The Labute approximate surface area is 65.0 Å². The summed E-state index contributed by atoms with van der Waals surface area (Å²) >= 11 is 5.37. The fourth-order valence-electron chi connectivity index (χ4n) is 0.377. The molecule has 0 unspecified atom stereocenters. The smallest absolute Gasteiger partial charge is 0.246 e. The summed E-state index contributed by atoms with van der Waals surface area (Å²) in [5.41, 5.74) is 0. The van der Waals surface area contributed by atoms with Crippen LogP contribution < -0.4 is 5.32 Å². The topological polar surface area (TPSA) is 38.3 Å². The van der Waals surface area contributed by atoms with Gasteiger partial charge in [-0.2, -0.15) is 0 Å². The molecule has 0 radical (unpaired) electrons. The predicted octanol–water partition coefficient (Wildman–Crippen LogP) is 0.502. The van der Waals surface area contributed by atoms with Crippen LogP contribution in [-0.2, 0) is 9.53 Å². The Kier molecular flexibility index (Phi) is 4.98. The second-order valence-electron chi connectivity index (χ2n) is 1.73. The Bertz CT molecular complexity index is 136. The number of rotatable bonds is 4. The minimum atomic E-state index is -0.190. The highest BCUT2D eigenvalue weighted by molar-refractivity contribution is 6.29. The van der Waals surface area contributed by atoms with E-state index in [2.05, 4.69) is 16.6 Å². The van der Waals surface area contributed by atoms with E-state index in [-0.39, 0.29) is 12.5 Å². The third-order valence-corrected chi connectivity index (χ3v) is 0.886. The molecule has 0 spiro atoms. The molecule has 0 aliphatic heterocycles. The lowest BCUT2D eigenvalue weighted by Crippen LogP contribution is -2.27. The molecule has 0 atom stereocenters. The average Bonchev–Trinajstić information content (AvgIpc) is 1.85. The van der Waals surface area contributed by atoms with Crippen molar-refractivity contribution in [2.45, 2.75) is 0 Å². The van der Waals surface area contributed by atoms with E-state index >= 15 is 0 Å². The lowest BCUT2D eigenvalue weighted by Gasteiger charge is -2.00. The van der Waals surface area contributed by atoms with Crippen molar-refractivity contribution >= 4 is 17.5 Å². The molecule has 10 heavy (non-hydrogen) atoms. The number of carbonyl (C=O) groups excluding carboxylic acids is 1. The van der Waals surface area contributed by atoms with Gasteiger partial charge in [0, 0.05) is 12.1 Å². The van der Waals surface area contributed by atoms with Gasteiger partial charge in [0.1, 0.15) is 6.61 Å². The molecule has 3 nitrogen and oxygen atoms in total. The molecule has 0 aliphatic carbocycles. The Hall–Kier alpha value is -0.540. The van der Waals surface area contributed by atoms with Crippen LogP contribution in [0.5, 0.6) is 0 Å². The molecule has 0 saturated heterocycles. The summed E-state index contributed by atoms with van der Waals surface area (Å²) in [6.07, 6.45) is 0. The molecular weight excluding hydrogens is 154 g/mol. The summed E-state index contributed by atoms with van der Waals surface area (Å²) in [7, 11) is 1.45. The van der Waals surface area contributed by atoms with Crippen LogP contribution in [0.3, 0.4) is 0 Å². The van der Waals surface area contributed by atoms with Crippen molar-refractivity contribution in [1.29, 1.82) is 0 Å². The molecule has 0 aromatic rings. The van der Waals surface area contributed by atoms with E-state index in [4.69, 9.17) is 11.6 Å². The molecule has 0 fully saturated rings. The average molecular weight is 164 g/mol. The zero-order valence-corrected chi connectivity index (χ0v) is 6.57. The number of nitrogens with one attached hydrogen (secondary N) is 1. The van der Waals surface area contributed by atoms with Gasteiger partial charge in [0.2, 0.25) is 5.91 Å². The molecule has 0 aliphatic rings. The highest BCUT2D eigenvalue weighted by Gasteiger charge is 1.97. The van der Waals surface area contributed by atoms with Gasteiger partial charge in [-0.1, -0.05) is 18.2 Å². The van der Waals surface area contributed by atoms with Crippen LogP contribution in [0.2, 0.25) is 0 Å². The van der Waals surface area contributed by atoms with Gasteiger partial charge < -0.3 is 10.1 Å². The van der Waals surface area contributed by atoms with Gasteiger partial charge >= 0.3 is 0 Å². The maximum Gasteiger partial charge on any atom is 0.246 e. The summed E-state index contributed by atoms with van der Waals surface area (Å²) in [5, 5.41) is 2.89. The Morgan fingerprint density at radius 2 is 2.40 bits per heavy atom. The van der Waals surface area contributed by atoms with E-state index in [0.29, 0.717) is 11.6 Å². The van der Waals surface area contributed by atoms with Gasteiger partial charge in [0.15, 0.2) is 0 Å². The van der Waals surface area contributed by atoms with Crippen LogP contribution in [0.4, 0.5) is 0 Å². The summed E-state index contributed by atoms with van der Waals surface area (Å²) in [4.78, 5) is 10.6. The van der Waals surface area contributed by atoms with Gasteiger partial charge in [-0.25, -0.2) is 0 Å². The summed E-state index contributed by atoms with van der Waals surface area (Å²) in [6.45, 7) is 3.75. The molecule has 0 bridgehead atoms. The number of hydrogen-bond acceptors (Lipinski definition) is 2. The van der Waals surface area contributed by atoms with Crippen LogP contribution in [0, 0.1) is 0 Å². The third kappa shape index (κ3) is 5.59. The van der Waals surface area contributed by atoms with E-state index in [1.54, 1.807) is 0 Å². The largest absolute Gasteiger partial charge is 0.375 e. The predicted molar refractivity (Wildman–Crippen MR) is 39.9 cm³/mol. The summed E-state index contributed by atoms with van der Waals surface area (Å²) < 4.78 is 4.55. The molecule has 0 rings (SSSR count). The van der Waals surface area contributed by atoms with Gasteiger partial charge in [-0.15, -0.1) is 0 Å². The molecule has 0 saturated carbocycles. The molecular formula is C6H10ClNO2. The van der Waals surface area contributed by atoms with Gasteiger partial charge in [-0.3, -0.25) is 4.79 Å². The Morgan fingerprint density at radius 1 is 1.80 bits per heavy atom. The first-order chi connectivity index (χ1) is 4.66. The number of amides is 1. The van der Waals surface area contributed by atoms with Crippen LogP contribution >= 0.6 is 11.6 Å². The molecule has 1 N–H and O–H groups in total. The number of halogens is 1. The normalized spacial score (nSPS) is 9.00. The minimum absolute atomic E-state index is 0.0597. The summed E-state index contributed by atoms with van der Waals surface area (Å²) in [5.74, 6) is -0.190. The number of carbonyl (C=O) groups is 1. The second-order valence-corrected chi connectivity index (χ2v) is 2.26. The fourth-order valence-corrected chi connectivity index (χ4v) is 0.443. The summed E-state index contributed by atoms with van der Waals surface area (Å²) in [6, 6.07) is 0. The van der Waals surface area contributed by atoms with Crippen molar-refractivity contribution in [1.82, 2.24) is 5.32 Å². The van der Waals surface area contributed by atoms with Crippen LogP contribution in [0.15, 0.2) is 11.6 Å². The van der Waals surface area contributed by atoms with Crippen molar-refractivity contribution in [2.75, 3.05) is 20.3 Å². The third-order valence-electron chi connectivity index (χ3n) is 0.753. The zero-order chi connectivity index (χ0) is 7.98. The van der Waals surface area contributed by atoms with Crippen molar-refractivity contribution < 1.29 is 9.53 Å². The van der Waals surface area contributed by atoms with Crippen molar-refractivity contribution in [2.24, 2.45) is 0 Å². The Balaban J connectivity index is 3.30. The van der Waals surface area contributed by atoms with Crippen molar-refractivity contribution in [3.05, 3.63) is 11.6 Å². The fraction of sp³-hybridized carbons (Fsp3) is 0.500. The maximum atomic E-state index is 10.6. The highest BCUT2D eigenvalue weighted by Crippen LogP contribution is 1.91. The first-order valence-electron chi connectivity index (χ1n) is 2.75. The molecule has 58 valence electrons. The van der Waals surface area contributed by atoms with Gasteiger partial charge in [0.05, 0.1) is 6.54 Å². The second kappa shape index (κ2) is 5.26. The number of hydrogen-bond donors (Lipinski definition) is 1. The molecule has 1 amide bonds. The van der Waals surface area contributed by atoms with E-state index in [1.807, 2.05) is 0 Å². The molecule has 0 aromatic heterocycles. The monoisotopic (exact) mass is 163 g/mol. The van der Waals surface area contributed by atoms with Gasteiger partial charge in [-0.05, 0) is 0 Å². The highest BCUT2D eigenvalue weighted by atomic mass is 35.5. The van der Waals surface area contributed by atoms with E-state index in [9.17, 15) is 4.79 Å². The van der Waals surface area contributed by atoms with E-state index in [1.165, 1.54) is 7.11 Å². The SMILES string of the molecule is C=C(Cl)CNC(=O)COC. The van der Waals surface area contributed by atoms with Crippen LogP contribution in [-0.4, -0.2) is 26.2 Å². The quantitative estimate of drug-likeness (QED) is 0.656. The zero-order valence-electron chi connectivity index (χ0n) is 5.82. The number of methoxy groups -OCH3 is 1. The standard InChI is InChI=1S/C6H10ClNO2/c1-5(7)3-8-6(9)4-10-2/h1,3-4H2,2H3,(H,8,9). The first-order valence-corrected chi connectivity index (χ1v) is 3.13. The van der Waals surface area contributed by atoms with Crippen LogP contribution in [0.25, 0.3) is 0 Å². The van der Waals surface area contributed by atoms with Crippen LogP contribution in [0.1, 0.15) is 0 Å². The number of ether oxygens (including phenoxy) is 1. The van der Waals surface area contributed by atoms with Crippen molar-refractivity contribution in [3.63, 3.8) is 0 Å². The van der Waals surface area contributed by atoms with E-state index in [0.717, 1.165) is 0 Å². The lowest BCUT2D eigenvalue weighted by atomic mass is 10.5. The molecule has 4 heteroatoms. The minimum Gasteiger partial charge on any atom is -0.375 e. The maximum absolute atomic E-state index is 10.6. The van der Waals surface area contributed by atoms with E-state index < -0.39 is 0 Å². The molecule has 0 aromatic carbocycles. The first kappa shape index (κ1) is 9.46. The molecule has 0 heterocycles. The lowest BCUT2D eigenvalue weighted by molar-refractivity contribution is -0.124. The van der Waals surface area contributed by atoms with Gasteiger partial charge in [0.25, 0.3) is 0 Å².